The van der Waals surface area contributed by atoms with E-state index in [1.165, 1.54) is 0 Å². The van der Waals surface area contributed by atoms with Crippen LogP contribution in [0.5, 0.6) is 0 Å². The summed E-state index contributed by atoms with van der Waals surface area (Å²) in [4.78, 5) is 14.5. The molecule has 0 radical (unpaired) electrons. The molecule has 4 unspecified atom stereocenters. The number of nitrogens with one attached hydrogen (secondary N) is 1. The van der Waals surface area contributed by atoms with Crippen molar-refractivity contribution in [3.05, 3.63) is 34.9 Å². The molecule has 116 valence electrons. The third kappa shape index (κ3) is 3.58. The number of benzene rings is 1. The van der Waals surface area contributed by atoms with Gasteiger partial charge in [0, 0.05) is 11.1 Å². The molecule has 0 bridgehead atoms. The van der Waals surface area contributed by atoms with Gasteiger partial charge in [0.15, 0.2) is 0 Å². The molecule has 1 aliphatic rings. The van der Waals surface area contributed by atoms with Crippen LogP contribution >= 0.6 is 11.6 Å². The number of carbonyl (C=O) groups excluding carboxylic acids is 1. The second-order valence-electron chi connectivity index (χ2n) is 6.19. The van der Waals surface area contributed by atoms with Gasteiger partial charge in [-0.2, -0.15) is 0 Å². The van der Waals surface area contributed by atoms with Gasteiger partial charge in [-0.3, -0.25) is 10.1 Å². The molecule has 1 aromatic carbocycles. The van der Waals surface area contributed by atoms with Crippen molar-refractivity contribution in [1.82, 2.24) is 10.2 Å². The normalized spacial score (nSPS) is 25.2. The van der Waals surface area contributed by atoms with Crippen LogP contribution in [0.15, 0.2) is 24.3 Å². The number of carbonyl (C=O) groups is 1. The summed E-state index contributed by atoms with van der Waals surface area (Å²) in [6.45, 7) is 8.51. The molecule has 3 nitrogen and oxygen atoms in total. The minimum absolute atomic E-state index is 0.0520. The second kappa shape index (κ2) is 6.80. The number of amides is 1. The number of hydrogen-bond acceptors (Lipinski definition) is 2. The summed E-state index contributed by atoms with van der Waals surface area (Å²) in [5.41, 5.74) is 1.09. The van der Waals surface area contributed by atoms with E-state index in [0.717, 1.165) is 23.4 Å². The van der Waals surface area contributed by atoms with Crippen LogP contribution in [0.3, 0.4) is 0 Å². The summed E-state index contributed by atoms with van der Waals surface area (Å²) in [5, 5.41) is 4.11. The SMILES string of the molecule is CCC(C)CC(C)N1C(=O)C(C)NC1c1ccc(Cl)cc1. The zero-order valence-electron chi connectivity index (χ0n) is 13.3. The summed E-state index contributed by atoms with van der Waals surface area (Å²) < 4.78 is 0. The molecule has 1 fully saturated rings. The number of nitrogens with zero attached hydrogens (tertiary/aromatic N) is 1. The van der Waals surface area contributed by atoms with Gasteiger partial charge < -0.3 is 4.90 Å². The van der Waals surface area contributed by atoms with E-state index >= 15 is 0 Å². The van der Waals surface area contributed by atoms with E-state index in [-0.39, 0.29) is 24.2 Å². The molecule has 4 atom stereocenters. The zero-order valence-corrected chi connectivity index (χ0v) is 14.0. The minimum Gasteiger partial charge on any atom is -0.319 e. The first-order valence-electron chi connectivity index (χ1n) is 7.77. The van der Waals surface area contributed by atoms with E-state index in [9.17, 15) is 4.79 Å². The summed E-state index contributed by atoms with van der Waals surface area (Å²) in [7, 11) is 0. The molecule has 0 saturated carbocycles. The third-order valence-electron chi connectivity index (χ3n) is 4.41. The molecule has 1 aliphatic heterocycles. The van der Waals surface area contributed by atoms with Gasteiger partial charge in [0.25, 0.3) is 0 Å². The highest BCUT2D eigenvalue weighted by Crippen LogP contribution is 2.30. The number of hydrogen-bond donors (Lipinski definition) is 1. The largest absolute Gasteiger partial charge is 0.319 e. The van der Waals surface area contributed by atoms with Crippen LogP contribution < -0.4 is 5.32 Å². The van der Waals surface area contributed by atoms with Crippen LogP contribution in [0.2, 0.25) is 5.02 Å². The summed E-state index contributed by atoms with van der Waals surface area (Å²) >= 11 is 5.96. The van der Waals surface area contributed by atoms with Gasteiger partial charge in [0.1, 0.15) is 6.17 Å². The van der Waals surface area contributed by atoms with Crippen molar-refractivity contribution in [3.8, 4) is 0 Å². The maximum atomic E-state index is 12.5. The van der Waals surface area contributed by atoms with Gasteiger partial charge in [0.2, 0.25) is 5.91 Å². The first-order valence-corrected chi connectivity index (χ1v) is 8.15. The summed E-state index contributed by atoms with van der Waals surface area (Å²) in [6.07, 6.45) is 2.12. The summed E-state index contributed by atoms with van der Waals surface area (Å²) in [5.74, 6) is 0.806. The van der Waals surface area contributed by atoms with E-state index in [1.807, 2.05) is 36.1 Å². The van der Waals surface area contributed by atoms with E-state index < -0.39 is 0 Å². The van der Waals surface area contributed by atoms with Gasteiger partial charge in [-0.15, -0.1) is 0 Å². The number of halogens is 1. The lowest BCUT2D eigenvalue weighted by molar-refractivity contribution is -0.132. The summed E-state index contributed by atoms with van der Waals surface area (Å²) in [6, 6.07) is 7.84. The average Bonchev–Trinajstić information content (AvgIpc) is 2.75. The Hall–Kier alpha value is -1.06. The van der Waals surface area contributed by atoms with Crippen molar-refractivity contribution in [2.75, 3.05) is 0 Å². The Morgan fingerprint density at radius 1 is 1.29 bits per heavy atom. The van der Waals surface area contributed by atoms with Crippen molar-refractivity contribution in [3.63, 3.8) is 0 Å². The first kappa shape index (κ1) is 16.3. The highest BCUT2D eigenvalue weighted by atomic mass is 35.5. The Morgan fingerprint density at radius 2 is 1.90 bits per heavy atom. The van der Waals surface area contributed by atoms with Crippen molar-refractivity contribution < 1.29 is 4.79 Å². The molecule has 1 N–H and O–H groups in total. The van der Waals surface area contributed by atoms with Crippen molar-refractivity contribution in [2.45, 2.75) is 58.8 Å². The Bertz CT molecular complexity index is 488. The fraction of sp³-hybridized carbons (Fsp3) is 0.588. The second-order valence-corrected chi connectivity index (χ2v) is 6.62. The lowest BCUT2D eigenvalue weighted by atomic mass is 9.98. The molecule has 0 spiro atoms. The predicted octanol–water partition coefficient (Wildman–Crippen LogP) is 3.98. The first-order chi connectivity index (χ1) is 9.93. The Kier molecular flexibility index (Phi) is 5.28. The van der Waals surface area contributed by atoms with Gasteiger partial charge in [-0.1, -0.05) is 44.0 Å². The molecule has 2 rings (SSSR count). The molecule has 1 aromatic rings. The zero-order chi connectivity index (χ0) is 15.6. The Morgan fingerprint density at radius 3 is 2.48 bits per heavy atom. The monoisotopic (exact) mass is 308 g/mol. The van der Waals surface area contributed by atoms with E-state index in [2.05, 4.69) is 26.1 Å². The lowest BCUT2D eigenvalue weighted by Gasteiger charge is -2.32. The maximum absolute atomic E-state index is 12.5. The van der Waals surface area contributed by atoms with Crippen LogP contribution in [-0.4, -0.2) is 22.9 Å². The van der Waals surface area contributed by atoms with E-state index in [4.69, 9.17) is 11.6 Å². The highest BCUT2D eigenvalue weighted by Gasteiger charge is 2.39. The van der Waals surface area contributed by atoms with Crippen LogP contribution in [0, 0.1) is 5.92 Å². The van der Waals surface area contributed by atoms with Crippen LogP contribution in [-0.2, 0) is 4.79 Å². The quantitative estimate of drug-likeness (QED) is 0.892. The Labute approximate surface area is 132 Å². The van der Waals surface area contributed by atoms with Crippen LogP contribution in [0.4, 0.5) is 0 Å². The predicted molar refractivity (Wildman–Crippen MR) is 87.2 cm³/mol. The van der Waals surface area contributed by atoms with Crippen molar-refractivity contribution in [1.29, 1.82) is 0 Å². The van der Waals surface area contributed by atoms with Crippen LogP contribution in [0.25, 0.3) is 0 Å². The molecular weight excluding hydrogens is 284 g/mol. The van der Waals surface area contributed by atoms with Crippen molar-refractivity contribution in [2.24, 2.45) is 5.92 Å². The smallest absolute Gasteiger partial charge is 0.241 e. The molecule has 0 aliphatic carbocycles. The van der Waals surface area contributed by atoms with E-state index in [1.54, 1.807) is 0 Å². The van der Waals surface area contributed by atoms with Gasteiger partial charge >= 0.3 is 0 Å². The molecule has 21 heavy (non-hydrogen) atoms. The fourth-order valence-corrected chi connectivity index (χ4v) is 3.10. The average molecular weight is 309 g/mol. The van der Waals surface area contributed by atoms with Gasteiger partial charge in [-0.05, 0) is 43.9 Å². The molecular formula is C17H25ClN2O. The van der Waals surface area contributed by atoms with Crippen molar-refractivity contribution >= 4 is 17.5 Å². The minimum atomic E-state index is -0.134. The maximum Gasteiger partial charge on any atom is 0.241 e. The topological polar surface area (TPSA) is 32.3 Å². The molecule has 4 heteroatoms. The molecule has 1 amide bonds. The highest BCUT2D eigenvalue weighted by molar-refractivity contribution is 6.30. The van der Waals surface area contributed by atoms with Gasteiger partial charge in [-0.25, -0.2) is 0 Å². The lowest BCUT2D eigenvalue weighted by Crippen LogP contribution is -2.39. The van der Waals surface area contributed by atoms with E-state index in [0.29, 0.717) is 5.92 Å². The third-order valence-corrected chi connectivity index (χ3v) is 4.66. The molecule has 1 heterocycles. The molecule has 0 aromatic heterocycles. The molecule has 1 saturated heterocycles. The Balaban J connectivity index is 2.22. The van der Waals surface area contributed by atoms with Gasteiger partial charge in [0.05, 0.1) is 6.04 Å². The standard InChI is InChI=1S/C17H25ClN2O/c1-5-11(2)10-12(3)20-16(19-13(4)17(20)21)14-6-8-15(18)9-7-14/h6-9,11-13,16,19H,5,10H2,1-4H3. The van der Waals surface area contributed by atoms with Crippen LogP contribution in [0.1, 0.15) is 52.3 Å². The number of rotatable bonds is 5. The fourth-order valence-electron chi connectivity index (χ4n) is 2.98.